The molecule has 16 nitrogen and oxygen atoms in total. The number of nitrogens with zero attached hydrogens (tertiary/aromatic N) is 2. The second kappa shape index (κ2) is 21.3. The third-order valence-electron chi connectivity index (χ3n) is 9.37. The molecule has 52 heavy (non-hydrogen) atoms. The van der Waals surface area contributed by atoms with Crippen molar-refractivity contribution in [3.05, 3.63) is 35.9 Å². The predicted octanol–water partition coefficient (Wildman–Crippen LogP) is -0.176. The summed E-state index contributed by atoms with van der Waals surface area (Å²) >= 11 is 1.47. The van der Waals surface area contributed by atoms with Crippen LogP contribution in [-0.4, -0.2) is 129 Å². The number of carboxylic acids is 2. The molecule has 2 aliphatic heterocycles. The topological polar surface area (TPSA) is 255 Å². The smallest absolute Gasteiger partial charge is 0.326 e. The normalized spacial score (nSPS) is 19.3. The molecular formula is C35H53N7O9S. The van der Waals surface area contributed by atoms with Crippen molar-refractivity contribution in [2.45, 2.75) is 107 Å². The van der Waals surface area contributed by atoms with E-state index in [1.165, 1.54) is 21.6 Å². The van der Waals surface area contributed by atoms with Gasteiger partial charge in [0.15, 0.2) is 0 Å². The van der Waals surface area contributed by atoms with Gasteiger partial charge in [-0.25, -0.2) is 4.79 Å². The number of nitrogens with two attached hydrogens (primary N) is 2. The minimum atomic E-state index is -1.18. The molecule has 0 aliphatic carbocycles. The summed E-state index contributed by atoms with van der Waals surface area (Å²) in [5.74, 6) is -4.54. The van der Waals surface area contributed by atoms with E-state index in [1.54, 1.807) is 12.1 Å². The lowest BCUT2D eigenvalue weighted by molar-refractivity contribution is -0.146. The minimum Gasteiger partial charge on any atom is -0.481 e. The van der Waals surface area contributed by atoms with Crippen LogP contribution in [0.3, 0.4) is 0 Å². The number of benzene rings is 1. The van der Waals surface area contributed by atoms with Crippen molar-refractivity contribution in [1.29, 1.82) is 0 Å². The van der Waals surface area contributed by atoms with Crippen LogP contribution in [0.5, 0.6) is 0 Å². The lowest BCUT2D eigenvalue weighted by Gasteiger charge is -2.32. The van der Waals surface area contributed by atoms with Crippen LogP contribution in [0, 0.1) is 0 Å². The molecule has 1 aromatic carbocycles. The van der Waals surface area contributed by atoms with Gasteiger partial charge in [0.25, 0.3) is 0 Å². The number of likely N-dealkylation sites (tertiary alicyclic amines) is 2. The predicted molar refractivity (Wildman–Crippen MR) is 194 cm³/mol. The van der Waals surface area contributed by atoms with Gasteiger partial charge < -0.3 is 47.4 Å². The second-order valence-electron chi connectivity index (χ2n) is 13.2. The second-order valence-corrected chi connectivity index (χ2v) is 14.2. The number of rotatable bonds is 21. The van der Waals surface area contributed by atoms with E-state index in [4.69, 9.17) is 16.6 Å². The third-order valence-corrected chi connectivity index (χ3v) is 10.0. The Hall–Kier alpha value is -4.22. The molecular weight excluding hydrogens is 694 g/mol. The zero-order chi connectivity index (χ0) is 38.2. The molecule has 1 aromatic rings. The zero-order valence-corrected chi connectivity index (χ0v) is 30.5. The maximum Gasteiger partial charge on any atom is 0.326 e. The Bertz CT molecular complexity index is 1400. The van der Waals surface area contributed by atoms with E-state index in [2.05, 4.69) is 16.0 Å². The molecule has 2 saturated heterocycles. The summed E-state index contributed by atoms with van der Waals surface area (Å²) in [6.07, 6.45) is 4.77. The Kier molecular flexibility index (Phi) is 17.3. The molecule has 0 saturated carbocycles. The summed E-state index contributed by atoms with van der Waals surface area (Å²) in [5.41, 5.74) is 12.2. The highest BCUT2D eigenvalue weighted by atomic mass is 32.2. The molecule has 0 aromatic heterocycles. The van der Waals surface area contributed by atoms with Gasteiger partial charge in [0.1, 0.15) is 30.2 Å². The summed E-state index contributed by atoms with van der Waals surface area (Å²) in [4.78, 5) is 93.8. The van der Waals surface area contributed by atoms with Gasteiger partial charge >= 0.3 is 11.9 Å². The fraction of sp³-hybridized carbons (Fsp3) is 0.629. The number of nitrogens with one attached hydrogen (secondary N) is 3. The molecule has 2 fully saturated rings. The van der Waals surface area contributed by atoms with Crippen molar-refractivity contribution in [3.63, 3.8) is 0 Å². The van der Waals surface area contributed by atoms with Crippen LogP contribution in [0.15, 0.2) is 30.3 Å². The lowest BCUT2D eigenvalue weighted by atomic mass is 10.0. The molecule has 0 radical (unpaired) electrons. The number of hydrogen-bond donors (Lipinski definition) is 7. The third kappa shape index (κ3) is 12.5. The summed E-state index contributed by atoms with van der Waals surface area (Å²) in [7, 11) is 0. The average molecular weight is 748 g/mol. The van der Waals surface area contributed by atoms with Crippen LogP contribution in [0.1, 0.15) is 69.8 Å². The Morgan fingerprint density at radius 1 is 0.808 bits per heavy atom. The maximum absolute atomic E-state index is 14.2. The number of carbonyl (C=O) groups excluding carboxylic acids is 5. The molecule has 0 spiro atoms. The van der Waals surface area contributed by atoms with Crippen LogP contribution in [0.25, 0.3) is 0 Å². The SMILES string of the molecule is CSCC[C@H](NC(=O)[C@@H](N)CCC(=O)O)C(=O)N1CCC[C@H]1C(=O)N[C@@H](Cc1ccccc1)C(=O)N1CCC[C@H]1C(=O)N[C@@H](CCCCN)C(=O)O. The largest absolute Gasteiger partial charge is 0.481 e. The van der Waals surface area contributed by atoms with E-state index >= 15 is 0 Å². The Balaban J connectivity index is 1.78. The van der Waals surface area contributed by atoms with Gasteiger partial charge in [0.2, 0.25) is 29.5 Å². The lowest BCUT2D eigenvalue weighted by Crippen LogP contribution is -2.59. The Morgan fingerprint density at radius 2 is 1.38 bits per heavy atom. The van der Waals surface area contributed by atoms with Crippen molar-refractivity contribution >= 4 is 53.2 Å². The van der Waals surface area contributed by atoms with Gasteiger partial charge in [0, 0.05) is 25.9 Å². The van der Waals surface area contributed by atoms with Crippen molar-refractivity contribution in [2.24, 2.45) is 11.5 Å². The Labute approximate surface area is 308 Å². The van der Waals surface area contributed by atoms with Gasteiger partial charge in [0.05, 0.1) is 6.04 Å². The summed E-state index contributed by atoms with van der Waals surface area (Å²) in [6.45, 7) is 0.879. The van der Waals surface area contributed by atoms with Gasteiger partial charge in [-0.2, -0.15) is 11.8 Å². The van der Waals surface area contributed by atoms with Crippen molar-refractivity contribution in [1.82, 2.24) is 25.8 Å². The highest BCUT2D eigenvalue weighted by molar-refractivity contribution is 7.98. The molecule has 17 heteroatoms. The molecule has 288 valence electrons. The van der Waals surface area contributed by atoms with E-state index in [0.717, 1.165) is 5.56 Å². The van der Waals surface area contributed by atoms with Crippen molar-refractivity contribution in [3.8, 4) is 0 Å². The molecule has 9 N–H and O–H groups in total. The molecule has 5 amide bonds. The van der Waals surface area contributed by atoms with Crippen LogP contribution >= 0.6 is 11.8 Å². The first-order valence-corrected chi connectivity index (χ1v) is 19.2. The summed E-state index contributed by atoms with van der Waals surface area (Å²) in [6, 6.07) is 2.82. The van der Waals surface area contributed by atoms with Crippen LogP contribution in [-0.2, 0) is 40.0 Å². The molecule has 0 unspecified atom stereocenters. The van der Waals surface area contributed by atoms with Gasteiger partial charge in [-0.15, -0.1) is 0 Å². The van der Waals surface area contributed by atoms with Gasteiger partial charge in [-0.05, 0) is 81.9 Å². The number of amides is 5. The van der Waals surface area contributed by atoms with E-state index in [0.29, 0.717) is 50.8 Å². The molecule has 3 rings (SSSR count). The standard InChI is InChI=1S/C35H53N7O9S/c1-52-20-16-24(38-30(45)23(37)14-15-29(43)44)33(48)41-18-7-13-28(41)32(47)40-26(21-22-9-3-2-4-10-22)34(49)42-19-8-12-27(42)31(46)39-25(35(50)51)11-5-6-17-36/h2-4,9-10,23-28H,5-8,11-21,36-37H2,1H3,(H,38,45)(H,39,46)(H,40,47)(H,43,44)(H,50,51)/t23-,24-,25-,26-,27-,28-/m0/s1. The fourth-order valence-corrected chi connectivity index (χ4v) is 7.00. The molecule has 6 atom stereocenters. The van der Waals surface area contributed by atoms with Crippen LogP contribution in [0.2, 0.25) is 0 Å². The number of hydrogen-bond acceptors (Lipinski definition) is 10. The quantitative estimate of drug-likeness (QED) is 0.0810. The minimum absolute atomic E-state index is 0.106. The van der Waals surface area contributed by atoms with E-state index in [9.17, 15) is 38.7 Å². The van der Waals surface area contributed by atoms with Gasteiger partial charge in [-0.1, -0.05) is 30.3 Å². The number of unbranched alkanes of at least 4 members (excludes halogenated alkanes) is 1. The number of aliphatic carboxylic acids is 2. The first-order chi connectivity index (χ1) is 24.9. The summed E-state index contributed by atoms with van der Waals surface area (Å²) in [5, 5.41) is 26.8. The average Bonchev–Trinajstić information content (AvgIpc) is 3.82. The van der Waals surface area contributed by atoms with Crippen LogP contribution < -0.4 is 27.4 Å². The first kappa shape index (κ1) is 42.2. The number of carboxylic acid groups (broad SMARTS) is 2. The van der Waals surface area contributed by atoms with Crippen molar-refractivity contribution < 1.29 is 43.8 Å². The van der Waals surface area contributed by atoms with E-state index in [1.807, 2.05) is 24.5 Å². The fourth-order valence-electron chi connectivity index (χ4n) is 6.52. The monoisotopic (exact) mass is 747 g/mol. The highest BCUT2D eigenvalue weighted by Gasteiger charge is 2.42. The number of thioether (sulfide) groups is 1. The van der Waals surface area contributed by atoms with E-state index in [-0.39, 0.29) is 45.2 Å². The number of carbonyl (C=O) groups is 7. The van der Waals surface area contributed by atoms with E-state index < -0.39 is 77.7 Å². The maximum atomic E-state index is 14.2. The molecule has 2 heterocycles. The van der Waals surface area contributed by atoms with Crippen LogP contribution in [0.4, 0.5) is 0 Å². The van der Waals surface area contributed by atoms with Crippen molar-refractivity contribution in [2.75, 3.05) is 31.6 Å². The first-order valence-electron chi connectivity index (χ1n) is 17.8. The summed E-state index contributed by atoms with van der Waals surface area (Å²) < 4.78 is 0. The molecule has 0 bridgehead atoms. The Morgan fingerprint density at radius 3 is 1.92 bits per heavy atom. The van der Waals surface area contributed by atoms with Gasteiger partial charge in [-0.3, -0.25) is 28.8 Å². The zero-order valence-electron chi connectivity index (χ0n) is 29.7. The highest BCUT2D eigenvalue weighted by Crippen LogP contribution is 2.23. The molecule has 2 aliphatic rings.